The quantitative estimate of drug-likeness (QED) is 0.758. The molecule has 0 aromatic rings. The van der Waals surface area contributed by atoms with E-state index in [0.717, 1.165) is 18.8 Å². The third-order valence-corrected chi connectivity index (χ3v) is 3.84. The third kappa shape index (κ3) is 3.22. The number of rotatable bonds is 4. The molecule has 0 saturated heterocycles. The molecule has 15 heavy (non-hydrogen) atoms. The van der Waals surface area contributed by atoms with E-state index in [1.165, 1.54) is 38.5 Å². The third-order valence-electron chi connectivity index (χ3n) is 3.84. The number of nitrogens with one attached hydrogen (secondary N) is 1. The highest BCUT2D eigenvalue weighted by molar-refractivity contribution is 5.79. The first kappa shape index (κ1) is 11.0. The SMILES string of the molecule is CCCC1CCC(C(=O)NC2CC2)CC1. The summed E-state index contributed by atoms with van der Waals surface area (Å²) in [7, 11) is 0. The molecule has 0 unspecified atom stereocenters. The lowest BCUT2D eigenvalue weighted by Gasteiger charge is -2.27. The summed E-state index contributed by atoms with van der Waals surface area (Å²) < 4.78 is 0. The minimum atomic E-state index is 0.332. The van der Waals surface area contributed by atoms with E-state index in [-0.39, 0.29) is 0 Å². The normalized spacial score (nSPS) is 31.3. The van der Waals surface area contributed by atoms with Crippen molar-refractivity contribution in [3.8, 4) is 0 Å². The van der Waals surface area contributed by atoms with E-state index in [0.29, 0.717) is 17.9 Å². The van der Waals surface area contributed by atoms with Gasteiger partial charge >= 0.3 is 0 Å². The molecule has 2 heteroatoms. The van der Waals surface area contributed by atoms with Crippen LogP contribution in [0.25, 0.3) is 0 Å². The zero-order valence-electron chi connectivity index (χ0n) is 9.80. The number of amides is 1. The summed E-state index contributed by atoms with van der Waals surface area (Å²) in [6, 6.07) is 0.533. The van der Waals surface area contributed by atoms with Crippen LogP contribution in [0.2, 0.25) is 0 Å². The molecule has 2 rings (SSSR count). The van der Waals surface area contributed by atoms with Crippen molar-refractivity contribution in [2.75, 3.05) is 0 Å². The van der Waals surface area contributed by atoms with E-state index in [2.05, 4.69) is 12.2 Å². The lowest BCUT2D eigenvalue weighted by Crippen LogP contribution is -2.34. The van der Waals surface area contributed by atoms with Crippen LogP contribution in [0, 0.1) is 11.8 Å². The van der Waals surface area contributed by atoms with Crippen molar-refractivity contribution in [2.45, 2.75) is 64.3 Å². The summed E-state index contributed by atoms with van der Waals surface area (Å²) in [5.74, 6) is 1.58. The molecule has 2 nitrogen and oxygen atoms in total. The van der Waals surface area contributed by atoms with Crippen LogP contribution in [0.1, 0.15) is 58.3 Å². The Hall–Kier alpha value is -0.530. The van der Waals surface area contributed by atoms with Crippen molar-refractivity contribution in [3.05, 3.63) is 0 Å². The molecular weight excluding hydrogens is 186 g/mol. The van der Waals surface area contributed by atoms with Crippen LogP contribution in [0.15, 0.2) is 0 Å². The molecule has 0 aliphatic heterocycles. The van der Waals surface area contributed by atoms with E-state index in [1.54, 1.807) is 0 Å². The van der Waals surface area contributed by atoms with Gasteiger partial charge in [0.15, 0.2) is 0 Å². The highest BCUT2D eigenvalue weighted by atomic mass is 16.2. The van der Waals surface area contributed by atoms with E-state index in [1.807, 2.05) is 0 Å². The van der Waals surface area contributed by atoms with E-state index < -0.39 is 0 Å². The average molecular weight is 209 g/mol. The maximum Gasteiger partial charge on any atom is 0.223 e. The van der Waals surface area contributed by atoms with E-state index in [4.69, 9.17) is 0 Å². The molecule has 0 spiro atoms. The number of carbonyl (C=O) groups excluding carboxylic acids is 1. The van der Waals surface area contributed by atoms with Crippen molar-refractivity contribution in [1.82, 2.24) is 5.32 Å². The Morgan fingerprint density at radius 1 is 1.13 bits per heavy atom. The van der Waals surface area contributed by atoms with Gasteiger partial charge in [0.2, 0.25) is 5.91 Å². The van der Waals surface area contributed by atoms with Gasteiger partial charge in [-0.3, -0.25) is 4.79 Å². The lowest BCUT2D eigenvalue weighted by molar-refractivity contribution is -0.126. The van der Waals surface area contributed by atoms with Crippen LogP contribution in [0.3, 0.4) is 0 Å². The summed E-state index contributed by atoms with van der Waals surface area (Å²) in [5, 5.41) is 3.13. The molecule has 0 heterocycles. The Morgan fingerprint density at radius 3 is 2.33 bits per heavy atom. The van der Waals surface area contributed by atoms with Gasteiger partial charge in [-0.25, -0.2) is 0 Å². The first-order chi connectivity index (χ1) is 7.29. The maximum atomic E-state index is 11.8. The summed E-state index contributed by atoms with van der Waals surface area (Å²) in [4.78, 5) is 11.8. The van der Waals surface area contributed by atoms with Gasteiger partial charge in [-0.1, -0.05) is 19.8 Å². The second-order valence-corrected chi connectivity index (χ2v) is 5.29. The highest BCUT2D eigenvalue weighted by Gasteiger charge is 2.30. The summed E-state index contributed by atoms with van der Waals surface area (Å²) in [6.45, 7) is 2.26. The molecule has 1 N–H and O–H groups in total. The fourth-order valence-electron chi connectivity index (χ4n) is 2.67. The molecule has 2 aliphatic rings. The molecule has 0 radical (unpaired) electrons. The first-order valence-electron chi connectivity index (χ1n) is 6.60. The molecule has 1 amide bonds. The van der Waals surface area contributed by atoms with Crippen molar-refractivity contribution >= 4 is 5.91 Å². The zero-order chi connectivity index (χ0) is 10.7. The first-order valence-corrected chi connectivity index (χ1v) is 6.60. The molecule has 2 fully saturated rings. The fourth-order valence-corrected chi connectivity index (χ4v) is 2.67. The smallest absolute Gasteiger partial charge is 0.223 e. The Kier molecular flexibility index (Phi) is 3.66. The minimum Gasteiger partial charge on any atom is -0.353 e. The van der Waals surface area contributed by atoms with Crippen LogP contribution in [-0.4, -0.2) is 11.9 Å². The van der Waals surface area contributed by atoms with E-state index >= 15 is 0 Å². The van der Waals surface area contributed by atoms with Crippen LogP contribution >= 0.6 is 0 Å². The predicted octanol–water partition coefficient (Wildman–Crippen LogP) is 2.87. The Balaban J connectivity index is 1.69. The van der Waals surface area contributed by atoms with Gasteiger partial charge < -0.3 is 5.32 Å². The number of hydrogen-bond donors (Lipinski definition) is 1. The lowest BCUT2D eigenvalue weighted by atomic mass is 9.80. The van der Waals surface area contributed by atoms with Crippen LogP contribution in [-0.2, 0) is 4.79 Å². The summed E-state index contributed by atoms with van der Waals surface area (Å²) >= 11 is 0. The van der Waals surface area contributed by atoms with Crippen molar-refractivity contribution < 1.29 is 4.79 Å². The second-order valence-electron chi connectivity index (χ2n) is 5.29. The Labute approximate surface area is 92.8 Å². The predicted molar refractivity (Wildman–Crippen MR) is 61.5 cm³/mol. The minimum absolute atomic E-state index is 0.332. The van der Waals surface area contributed by atoms with Gasteiger partial charge in [0.05, 0.1) is 0 Å². The Morgan fingerprint density at radius 2 is 1.80 bits per heavy atom. The largest absolute Gasteiger partial charge is 0.353 e. The number of hydrogen-bond acceptors (Lipinski definition) is 1. The molecule has 0 aromatic heterocycles. The van der Waals surface area contributed by atoms with Crippen LogP contribution < -0.4 is 5.32 Å². The van der Waals surface area contributed by atoms with Gasteiger partial charge in [0, 0.05) is 12.0 Å². The van der Waals surface area contributed by atoms with Crippen LogP contribution in [0.4, 0.5) is 0 Å². The average Bonchev–Trinajstić information content (AvgIpc) is 3.03. The monoisotopic (exact) mass is 209 g/mol. The van der Waals surface area contributed by atoms with Crippen LogP contribution in [0.5, 0.6) is 0 Å². The van der Waals surface area contributed by atoms with Gasteiger partial charge in [0.1, 0.15) is 0 Å². The molecule has 2 aliphatic carbocycles. The van der Waals surface area contributed by atoms with Crippen molar-refractivity contribution in [3.63, 3.8) is 0 Å². The summed E-state index contributed by atoms with van der Waals surface area (Å²) in [5.41, 5.74) is 0. The molecule has 0 bridgehead atoms. The van der Waals surface area contributed by atoms with Crippen molar-refractivity contribution in [2.24, 2.45) is 11.8 Å². The van der Waals surface area contributed by atoms with Gasteiger partial charge in [-0.05, 0) is 44.4 Å². The molecule has 0 atom stereocenters. The van der Waals surface area contributed by atoms with Crippen molar-refractivity contribution in [1.29, 1.82) is 0 Å². The standard InChI is InChI=1S/C13H23NO/c1-2-3-10-4-6-11(7-5-10)13(15)14-12-8-9-12/h10-12H,2-9H2,1H3,(H,14,15). The highest BCUT2D eigenvalue weighted by Crippen LogP contribution is 2.32. The fraction of sp³-hybridized carbons (Fsp3) is 0.923. The maximum absolute atomic E-state index is 11.8. The Bertz CT molecular complexity index is 215. The van der Waals surface area contributed by atoms with Gasteiger partial charge in [0.25, 0.3) is 0 Å². The number of carbonyl (C=O) groups is 1. The van der Waals surface area contributed by atoms with Gasteiger partial charge in [-0.15, -0.1) is 0 Å². The zero-order valence-corrected chi connectivity index (χ0v) is 9.80. The molecule has 0 aromatic carbocycles. The molecule has 2 saturated carbocycles. The van der Waals surface area contributed by atoms with Gasteiger partial charge in [-0.2, -0.15) is 0 Å². The topological polar surface area (TPSA) is 29.1 Å². The second kappa shape index (κ2) is 5.00. The molecular formula is C13H23NO. The summed E-state index contributed by atoms with van der Waals surface area (Å²) in [6.07, 6.45) is 9.87. The van der Waals surface area contributed by atoms with E-state index in [9.17, 15) is 4.79 Å². The molecule has 86 valence electrons.